The lowest BCUT2D eigenvalue weighted by Gasteiger charge is -2.26. The van der Waals surface area contributed by atoms with Crippen LogP contribution in [-0.4, -0.2) is 55.3 Å². The second-order valence-corrected chi connectivity index (χ2v) is 8.36. The smallest absolute Gasteiger partial charge is 0.422 e. The summed E-state index contributed by atoms with van der Waals surface area (Å²) in [5, 5.41) is 2.63. The molecule has 3 rings (SSSR count). The van der Waals surface area contributed by atoms with E-state index >= 15 is 0 Å². The average molecular weight is 489 g/mol. The van der Waals surface area contributed by atoms with Gasteiger partial charge in [0.1, 0.15) is 11.6 Å². The van der Waals surface area contributed by atoms with Crippen LogP contribution in [0.3, 0.4) is 0 Å². The fraction of sp³-hybridized carbons (Fsp3) is 0.435. The summed E-state index contributed by atoms with van der Waals surface area (Å²) in [5.41, 5.74) is 0.457. The van der Waals surface area contributed by atoms with E-state index in [1.165, 1.54) is 17.0 Å². The molecule has 2 amide bonds. The van der Waals surface area contributed by atoms with Crippen LogP contribution < -0.4 is 10.1 Å². The Morgan fingerprint density at radius 2 is 1.91 bits per heavy atom. The Kier molecular flexibility index (Phi) is 8.29. The number of nitrogens with zero attached hydrogens (tertiary/aromatic N) is 2. The van der Waals surface area contributed by atoms with Crippen LogP contribution in [0, 0.1) is 23.4 Å². The van der Waals surface area contributed by atoms with Crippen LogP contribution in [0.1, 0.15) is 17.5 Å². The molecule has 186 valence electrons. The molecule has 1 atom stereocenters. The van der Waals surface area contributed by atoms with Gasteiger partial charge in [0.05, 0.1) is 6.54 Å². The summed E-state index contributed by atoms with van der Waals surface area (Å²) in [5.74, 6) is -2.86. The fourth-order valence-electron chi connectivity index (χ4n) is 3.78. The molecule has 0 unspecified atom stereocenters. The van der Waals surface area contributed by atoms with Gasteiger partial charge in [0.25, 0.3) is 0 Å². The maximum atomic E-state index is 14.2. The van der Waals surface area contributed by atoms with Crippen molar-refractivity contribution in [1.82, 2.24) is 15.1 Å². The number of carbonyl (C=O) groups excluding carboxylic acids is 1. The minimum atomic E-state index is -4.60. The van der Waals surface area contributed by atoms with E-state index in [1.54, 1.807) is 0 Å². The van der Waals surface area contributed by atoms with Gasteiger partial charge in [-0.1, -0.05) is 12.1 Å². The Bertz CT molecular complexity index is 1000. The molecule has 0 aliphatic carbocycles. The molecule has 2 aromatic rings. The lowest BCUT2D eigenvalue weighted by molar-refractivity contribution is -0.153. The third-order valence-corrected chi connectivity index (χ3v) is 5.46. The van der Waals surface area contributed by atoms with Crippen molar-refractivity contribution in [3.05, 3.63) is 65.0 Å². The van der Waals surface area contributed by atoms with Crippen LogP contribution in [0.4, 0.5) is 31.1 Å². The number of hydrogen-bond acceptors (Lipinski definition) is 3. The fourth-order valence-corrected chi connectivity index (χ4v) is 3.78. The van der Waals surface area contributed by atoms with Crippen molar-refractivity contribution in [3.8, 4) is 5.75 Å². The van der Waals surface area contributed by atoms with Crippen molar-refractivity contribution in [2.75, 3.05) is 33.3 Å². The van der Waals surface area contributed by atoms with E-state index in [2.05, 4.69) is 15.0 Å². The van der Waals surface area contributed by atoms with Crippen molar-refractivity contribution < 1.29 is 35.9 Å². The molecule has 11 heteroatoms. The predicted octanol–water partition coefficient (Wildman–Crippen LogP) is 4.71. The van der Waals surface area contributed by atoms with Crippen molar-refractivity contribution in [2.24, 2.45) is 5.92 Å². The first-order chi connectivity index (χ1) is 16.0. The Hall–Kier alpha value is -2.95. The molecule has 1 saturated heterocycles. The minimum Gasteiger partial charge on any atom is -0.481 e. The molecular weight excluding hydrogens is 464 g/mol. The summed E-state index contributed by atoms with van der Waals surface area (Å²) in [6.07, 6.45) is -3.74. The van der Waals surface area contributed by atoms with Crippen molar-refractivity contribution in [2.45, 2.75) is 25.7 Å². The van der Waals surface area contributed by atoms with Gasteiger partial charge in [-0.2, -0.15) is 13.2 Å². The number of ether oxygens (including phenoxy) is 1. The third-order valence-electron chi connectivity index (χ3n) is 5.46. The number of benzene rings is 2. The second kappa shape index (κ2) is 11.0. The van der Waals surface area contributed by atoms with Crippen LogP contribution in [-0.2, 0) is 13.1 Å². The van der Waals surface area contributed by atoms with E-state index in [0.717, 1.165) is 43.8 Å². The molecule has 34 heavy (non-hydrogen) atoms. The van der Waals surface area contributed by atoms with Crippen LogP contribution in [0.15, 0.2) is 36.4 Å². The zero-order valence-electron chi connectivity index (χ0n) is 18.5. The molecule has 1 aliphatic rings. The molecule has 0 saturated carbocycles. The third kappa shape index (κ3) is 7.54. The summed E-state index contributed by atoms with van der Waals surface area (Å²) in [6.45, 7) is 0.156. The van der Waals surface area contributed by atoms with Gasteiger partial charge in [0.2, 0.25) is 0 Å². The van der Waals surface area contributed by atoms with Gasteiger partial charge < -0.3 is 19.9 Å². The summed E-state index contributed by atoms with van der Waals surface area (Å²) >= 11 is 0. The molecule has 0 spiro atoms. The Labute approximate surface area is 193 Å². The van der Waals surface area contributed by atoms with Crippen molar-refractivity contribution in [1.29, 1.82) is 0 Å². The largest absolute Gasteiger partial charge is 0.481 e. The van der Waals surface area contributed by atoms with Gasteiger partial charge in [-0.25, -0.2) is 18.0 Å². The first-order valence-electron chi connectivity index (χ1n) is 10.6. The van der Waals surface area contributed by atoms with Crippen LogP contribution in [0.5, 0.6) is 5.75 Å². The summed E-state index contributed by atoms with van der Waals surface area (Å²) in [7, 11) is 1.96. The molecule has 5 nitrogen and oxygen atoms in total. The van der Waals surface area contributed by atoms with Gasteiger partial charge in [0.15, 0.2) is 18.2 Å². The molecule has 2 aromatic carbocycles. The Morgan fingerprint density at radius 1 is 1.15 bits per heavy atom. The van der Waals surface area contributed by atoms with E-state index in [-0.39, 0.29) is 24.6 Å². The van der Waals surface area contributed by atoms with E-state index in [4.69, 9.17) is 0 Å². The highest BCUT2D eigenvalue weighted by Gasteiger charge is 2.29. The highest BCUT2D eigenvalue weighted by Crippen LogP contribution is 2.23. The SMILES string of the molecule is CN1CC[C@@H](CN(Cc2ccc(F)cc2F)C(=O)NCc2ccc(OCC(F)(F)F)c(F)c2)C1. The number of likely N-dealkylation sites (tertiary alicyclic amines) is 1. The first-order valence-corrected chi connectivity index (χ1v) is 10.6. The summed E-state index contributed by atoms with van der Waals surface area (Å²) < 4.78 is 82.7. The predicted molar refractivity (Wildman–Crippen MR) is 113 cm³/mol. The van der Waals surface area contributed by atoms with Crippen LogP contribution in [0.2, 0.25) is 0 Å². The molecule has 0 radical (unpaired) electrons. The van der Waals surface area contributed by atoms with Crippen molar-refractivity contribution >= 4 is 6.03 Å². The maximum Gasteiger partial charge on any atom is 0.422 e. The second-order valence-electron chi connectivity index (χ2n) is 8.36. The number of amides is 2. The molecule has 1 heterocycles. The molecular formula is C23H25F6N3O2. The van der Waals surface area contributed by atoms with E-state index in [9.17, 15) is 31.1 Å². The van der Waals surface area contributed by atoms with Gasteiger partial charge in [-0.15, -0.1) is 0 Å². The van der Waals surface area contributed by atoms with E-state index in [1.807, 2.05) is 7.05 Å². The van der Waals surface area contributed by atoms with Gasteiger partial charge in [-0.05, 0) is 49.7 Å². The molecule has 0 aromatic heterocycles. The lowest BCUT2D eigenvalue weighted by atomic mass is 10.1. The standard InChI is InChI=1S/C23H25F6N3O2/c1-31-7-6-16(11-31)12-32(13-17-3-4-18(24)9-19(17)25)22(33)30-10-15-2-5-21(20(26)8-15)34-14-23(27,28)29/h2-5,8-9,16H,6-7,10-14H2,1H3,(H,30,33)/t16-/m1/s1. The molecule has 1 fully saturated rings. The van der Waals surface area contributed by atoms with Gasteiger partial charge in [0, 0.05) is 31.3 Å². The lowest BCUT2D eigenvalue weighted by Crippen LogP contribution is -2.42. The van der Waals surface area contributed by atoms with E-state index < -0.39 is 42.0 Å². The number of halogens is 6. The Balaban J connectivity index is 1.65. The minimum absolute atomic E-state index is 0.0866. The number of rotatable bonds is 8. The van der Waals surface area contributed by atoms with Gasteiger partial charge in [-0.3, -0.25) is 0 Å². The summed E-state index contributed by atoms with van der Waals surface area (Å²) in [4.78, 5) is 16.4. The molecule has 0 bridgehead atoms. The monoisotopic (exact) mass is 489 g/mol. The highest BCUT2D eigenvalue weighted by molar-refractivity contribution is 5.74. The van der Waals surface area contributed by atoms with Crippen molar-refractivity contribution in [3.63, 3.8) is 0 Å². The first kappa shape index (κ1) is 25.7. The normalized spacial score (nSPS) is 16.5. The number of hydrogen-bond donors (Lipinski definition) is 1. The zero-order valence-corrected chi connectivity index (χ0v) is 18.5. The molecule has 1 N–H and O–H groups in total. The van der Waals surface area contributed by atoms with Crippen LogP contribution >= 0.6 is 0 Å². The van der Waals surface area contributed by atoms with Crippen LogP contribution in [0.25, 0.3) is 0 Å². The number of nitrogens with one attached hydrogen (secondary N) is 1. The summed E-state index contributed by atoms with van der Waals surface area (Å²) in [6, 6.07) is 5.98. The highest BCUT2D eigenvalue weighted by atomic mass is 19.4. The number of urea groups is 1. The molecule has 1 aliphatic heterocycles. The maximum absolute atomic E-state index is 14.2. The zero-order chi connectivity index (χ0) is 24.9. The topological polar surface area (TPSA) is 44.8 Å². The van der Waals surface area contributed by atoms with E-state index in [0.29, 0.717) is 12.1 Å². The number of alkyl halides is 3. The Morgan fingerprint density at radius 3 is 2.53 bits per heavy atom. The quantitative estimate of drug-likeness (QED) is 0.547. The number of carbonyl (C=O) groups is 1. The average Bonchev–Trinajstić information content (AvgIpc) is 3.16. The van der Waals surface area contributed by atoms with Gasteiger partial charge >= 0.3 is 12.2 Å².